The second-order valence-electron chi connectivity index (χ2n) is 2.66. The van der Waals surface area contributed by atoms with Crippen LogP contribution < -0.4 is 5.73 Å². The lowest BCUT2D eigenvalue weighted by Gasteiger charge is -2.17. The van der Waals surface area contributed by atoms with E-state index in [1.54, 1.807) is 0 Å². The number of carbonyl (C=O) groups is 1. The molecule has 0 heterocycles. The molecule has 2 atom stereocenters. The third kappa shape index (κ3) is 4.17. The minimum atomic E-state index is -4.35. The molecule has 0 amide bonds. The fraction of sp³-hybridized carbons (Fsp3) is 0.833. The van der Waals surface area contributed by atoms with Crippen molar-refractivity contribution in [3.8, 4) is 0 Å². The average molecular weight is 185 g/mol. The van der Waals surface area contributed by atoms with E-state index < -0.39 is 30.5 Å². The molecule has 6 heteroatoms. The van der Waals surface area contributed by atoms with Crippen molar-refractivity contribution in [2.24, 2.45) is 11.7 Å². The van der Waals surface area contributed by atoms with Crippen LogP contribution in [-0.4, -0.2) is 23.3 Å². The highest BCUT2D eigenvalue weighted by Gasteiger charge is 2.34. The second-order valence-corrected chi connectivity index (χ2v) is 2.66. The van der Waals surface area contributed by atoms with Gasteiger partial charge in [-0.05, 0) is 5.92 Å². The number of halogens is 3. The van der Waals surface area contributed by atoms with E-state index in [1.807, 2.05) is 0 Å². The van der Waals surface area contributed by atoms with Crippen molar-refractivity contribution < 1.29 is 23.1 Å². The Morgan fingerprint density at radius 1 is 1.58 bits per heavy atom. The van der Waals surface area contributed by atoms with Crippen LogP contribution in [-0.2, 0) is 4.79 Å². The highest BCUT2D eigenvalue weighted by Crippen LogP contribution is 2.25. The largest absolute Gasteiger partial charge is 0.480 e. The summed E-state index contributed by atoms with van der Waals surface area (Å²) in [7, 11) is 0. The molecule has 0 rings (SSSR count). The van der Waals surface area contributed by atoms with Crippen LogP contribution in [0.15, 0.2) is 0 Å². The zero-order valence-electron chi connectivity index (χ0n) is 6.43. The average Bonchev–Trinajstić information content (AvgIpc) is 1.82. The number of aliphatic carboxylic acids is 1. The molecule has 0 aromatic rings. The van der Waals surface area contributed by atoms with Crippen LogP contribution in [0.25, 0.3) is 0 Å². The smallest absolute Gasteiger partial charge is 0.389 e. The Hall–Kier alpha value is -0.780. The standard InChI is InChI=1S/C6H10F3NO2/c1-3(2-6(7,8)9)4(10)5(11)12/h3-4H,2,10H2,1H3,(H,11,12)/t3?,4-/m0/s1. The van der Waals surface area contributed by atoms with Gasteiger partial charge in [0.25, 0.3) is 0 Å². The Balaban J connectivity index is 4.04. The first-order valence-corrected chi connectivity index (χ1v) is 3.29. The maximum absolute atomic E-state index is 11.7. The summed E-state index contributed by atoms with van der Waals surface area (Å²) in [6.45, 7) is 1.16. The van der Waals surface area contributed by atoms with Gasteiger partial charge >= 0.3 is 12.1 Å². The predicted octanol–water partition coefficient (Wildman–Crippen LogP) is 0.987. The van der Waals surface area contributed by atoms with Crippen molar-refractivity contribution in [1.82, 2.24) is 0 Å². The van der Waals surface area contributed by atoms with Crippen molar-refractivity contribution >= 4 is 5.97 Å². The number of carboxylic acid groups (broad SMARTS) is 1. The summed E-state index contributed by atoms with van der Waals surface area (Å²) in [6, 6.07) is -1.45. The first kappa shape index (κ1) is 11.2. The van der Waals surface area contributed by atoms with E-state index in [2.05, 4.69) is 0 Å². The third-order valence-corrected chi connectivity index (χ3v) is 1.45. The summed E-state index contributed by atoms with van der Waals surface area (Å²) in [5.41, 5.74) is 4.97. The quantitative estimate of drug-likeness (QED) is 0.689. The molecule has 3 nitrogen and oxygen atoms in total. The lowest BCUT2D eigenvalue weighted by Crippen LogP contribution is -2.38. The van der Waals surface area contributed by atoms with E-state index in [0.29, 0.717) is 0 Å². The molecule has 0 aromatic carbocycles. The van der Waals surface area contributed by atoms with Crippen molar-refractivity contribution in [1.29, 1.82) is 0 Å². The SMILES string of the molecule is CC(CC(F)(F)F)[C@H](N)C(=O)O. The topological polar surface area (TPSA) is 63.3 Å². The molecular weight excluding hydrogens is 175 g/mol. The predicted molar refractivity (Wildman–Crippen MR) is 35.4 cm³/mol. The molecule has 0 aliphatic carbocycles. The zero-order valence-corrected chi connectivity index (χ0v) is 6.43. The van der Waals surface area contributed by atoms with Crippen molar-refractivity contribution in [3.05, 3.63) is 0 Å². The molecule has 72 valence electrons. The monoisotopic (exact) mass is 185 g/mol. The van der Waals surface area contributed by atoms with Gasteiger partial charge in [0.15, 0.2) is 0 Å². The van der Waals surface area contributed by atoms with E-state index in [1.165, 1.54) is 0 Å². The third-order valence-electron chi connectivity index (χ3n) is 1.45. The minimum absolute atomic E-state index is 1.09. The van der Waals surface area contributed by atoms with Crippen LogP contribution in [0, 0.1) is 5.92 Å². The maximum atomic E-state index is 11.7. The van der Waals surface area contributed by atoms with Gasteiger partial charge in [0.1, 0.15) is 6.04 Å². The van der Waals surface area contributed by atoms with E-state index >= 15 is 0 Å². The van der Waals surface area contributed by atoms with Crippen molar-refractivity contribution in [3.63, 3.8) is 0 Å². The maximum Gasteiger partial charge on any atom is 0.389 e. The van der Waals surface area contributed by atoms with Crippen molar-refractivity contribution in [2.75, 3.05) is 0 Å². The van der Waals surface area contributed by atoms with Crippen LogP contribution in [0.5, 0.6) is 0 Å². The molecule has 0 bridgehead atoms. The Labute approximate surface area is 67.4 Å². The van der Waals surface area contributed by atoms with E-state index in [-0.39, 0.29) is 0 Å². The van der Waals surface area contributed by atoms with Crippen molar-refractivity contribution in [2.45, 2.75) is 25.6 Å². The lowest BCUT2D eigenvalue weighted by atomic mass is 9.99. The van der Waals surface area contributed by atoms with Crippen LogP contribution >= 0.6 is 0 Å². The van der Waals surface area contributed by atoms with Gasteiger partial charge in [-0.25, -0.2) is 0 Å². The molecular formula is C6H10F3NO2. The molecule has 0 fully saturated rings. The Morgan fingerprint density at radius 2 is 2.00 bits per heavy atom. The first-order chi connectivity index (χ1) is 5.24. The van der Waals surface area contributed by atoms with Gasteiger partial charge in [-0.2, -0.15) is 13.2 Å². The van der Waals surface area contributed by atoms with E-state index in [9.17, 15) is 18.0 Å². The Morgan fingerprint density at radius 3 is 2.25 bits per heavy atom. The molecule has 12 heavy (non-hydrogen) atoms. The summed E-state index contributed by atoms with van der Waals surface area (Å²) in [5, 5.41) is 8.26. The first-order valence-electron chi connectivity index (χ1n) is 3.29. The summed E-state index contributed by atoms with van der Waals surface area (Å²) in [6.07, 6.45) is -5.52. The van der Waals surface area contributed by atoms with Gasteiger partial charge in [0, 0.05) is 6.42 Å². The van der Waals surface area contributed by atoms with E-state index in [0.717, 1.165) is 6.92 Å². The van der Waals surface area contributed by atoms with Crippen LogP contribution in [0.3, 0.4) is 0 Å². The highest BCUT2D eigenvalue weighted by molar-refractivity contribution is 5.73. The molecule has 0 aliphatic rings. The zero-order chi connectivity index (χ0) is 9.94. The van der Waals surface area contributed by atoms with Crippen LogP contribution in [0.2, 0.25) is 0 Å². The van der Waals surface area contributed by atoms with Crippen LogP contribution in [0.4, 0.5) is 13.2 Å². The summed E-state index contributed by atoms with van der Waals surface area (Å²) < 4.78 is 35.0. The number of hydrogen-bond donors (Lipinski definition) is 2. The second kappa shape index (κ2) is 3.75. The number of alkyl halides is 3. The van der Waals surface area contributed by atoms with E-state index in [4.69, 9.17) is 10.8 Å². The molecule has 0 saturated carbocycles. The Bertz CT molecular complexity index is 169. The fourth-order valence-electron chi connectivity index (χ4n) is 0.735. The lowest BCUT2D eigenvalue weighted by molar-refractivity contribution is -0.151. The normalized spacial score (nSPS) is 17.1. The number of nitrogens with two attached hydrogens (primary N) is 1. The number of rotatable bonds is 3. The molecule has 0 saturated heterocycles. The van der Waals surface area contributed by atoms with Gasteiger partial charge in [0.05, 0.1) is 0 Å². The molecule has 0 radical (unpaired) electrons. The van der Waals surface area contributed by atoms with Gasteiger partial charge in [-0.3, -0.25) is 4.79 Å². The number of hydrogen-bond acceptors (Lipinski definition) is 2. The molecule has 0 spiro atoms. The van der Waals surface area contributed by atoms with Gasteiger partial charge < -0.3 is 10.8 Å². The fourth-order valence-corrected chi connectivity index (χ4v) is 0.735. The summed E-state index contributed by atoms with van der Waals surface area (Å²) in [5.74, 6) is -2.51. The number of carboxylic acids is 1. The molecule has 1 unspecified atom stereocenters. The van der Waals surface area contributed by atoms with Crippen LogP contribution in [0.1, 0.15) is 13.3 Å². The minimum Gasteiger partial charge on any atom is -0.480 e. The van der Waals surface area contributed by atoms with Gasteiger partial charge in [-0.15, -0.1) is 0 Å². The summed E-state index contributed by atoms with van der Waals surface area (Å²) in [4.78, 5) is 10.1. The summed E-state index contributed by atoms with van der Waals surface area (Å²) >= 11 is 0. The van der Waals surface area contributed by atoms with Gasteiger partial charge in [-0.1, -0.05) is 6.92 Å². The highest BCUT2D eigenvalue weighted by atomic mass is 19.4. The van der Waals surface area contributed by atoms with Gasteiger partial charge in [0.2, 0.25) is 0 Å². The molecule has 3 N–H and O–H groups in total. The molecule has 0 aromatic heterocycles. The molecule has 0 aliphatic heterocycles. The Kier molecular flexibility index (Phi) is 3.51.